The van der Waals surface area contributed by atoms with E-state index in [1.54, 1.807) is 6.07 Å². The van der Waals surface area contributed by atoms with Crippen LogP contribution in [0.25, 0.3) is 22.2 Å². The van der Waals surface area contributed by atoms with Crippen molar-refractivity contribution in [3.05, 3.63) is 65.5 Å². The second-order valence-electron chi connectivity index (χ2n) is 5.14. The lowest BCUT2D eigenvalue weighted by atomic mass is 10.0. The number of nitrogens with zero attached hydrogens (tertiary/aromatic N) is 1. The predicted octanol–water partition coefficient (Wildman–Crippen LogP) is 3.60. The van der Waals surface area contributed by atoms with Crippen LogP contribution in [0.4, 0.5) is 4.39 Å². The van der Waals surface area contributed by atoms with Gasteiger partial charge in [-0.1, -0.05) is 23.8 Å². The van der Waals surface area contributed by atoms with Crippen molar-refractivity contribution in [2.75, 3.05) is 0 Å². The number of hydrogen-bond acceptors (Lipinski definition) is 0. The Morgan fingerprint density at radius 1 is 1.05 bits per heavy atom. The van der Waals surface area contributed by atoms with Gasteiger partial charge in [-0.15, -0.1) is 0 Å². The minimum atomic E-state index is -0.153. The molecular formula is C17H13FN+. The van der Waals surface area contributed by atoms with E-state index in [0.717, 1.165) is 12.1 Å². The molecule has 4 rings (SSSR count). The number of benzene rings is 2. The molecule has 0 amide bonds. The molecule has 0 unspecified atom stereocenters. The van der Waals surface area contributed by atoms with Gasteiger partial charge < -0.3 is 0 Å². The molecule has 0 spiro atoms. The van der Waals surface area contributed by atoms with Gasteiger partial charge in [-0.25, -0.2) is 4.39 Å². The lowest BCUT2D eigenvalue weighted by molar-refractivity contribution is -0.645. The van der Waals surface area contributed by atoms with Gasteiger partial charge in [-0.2, -0.15) is 4.57 Å². The van der Waals surface area contributed by atoms with Gasteiger partial charge in [0.2, 0.25) is 11.2 Å². The van der Waals surface area contributed by atoms with E-state index < -0.39 is 0 Å². The molecule has 92 valence electrons. The van der Waals surface area contributed by atoms with Crippen molar-refractivity contribution in [1.82, 2.24) is 0 Å². The monoisotopic (exact) mass is 250 g/mol. The molecular weight excluding hydrogens is 237 g/mol. The normalized spacial score (nSPS) is 12.5. The van der Waals surface area contributed by atoms with Crippen LogP contribution in [0.5, 0.6) is 0 Å². The predicted molar refractivity (Wildman–Crippen MR) is 73.4 cm³/mol. The summed E-state index contributed by atoms with van der Waals surface area (Å²) in [5, 5.41) is 0.691. The van der Waals surface area contributed by atoms with Gasteiger partial charge in [0.15, 0.2) is 6.54 Å². The number of pyridine rings is 1. The highest BCUT2D eigenvalue weighted by molar-refractivity contribution is 5.79. The molecule has 0 bridgehead atoms. The molecule has 1 aliphatic rings. The summed E-state index contributed by atoms with van der Waals surface area (Å²) in [6, 6.07) is 15.7. The van der Waals surface area contributed by atoms with Crippen LogP contribution in [0.15, 0.2) is 48.5 Å². The first-order valence-electron chi connectivity index (χ1n) is 6.45. The molecule has 1 nitrogen and oxygen atoms in total. The number of aryl methyl sites for hydroxylation is 1. The number of halogens is 1. The van der Waals surface area contributed by atoms with E-state index in [1.165, 1.54) is 28.5 Å². The van der Waals surface area contributed by atoms with Crippen molar-refractivity contribution >= 4 is 10.9 Å². The van der Waals surface area contributed by atoms with E-state index in [-0.39, 0.29) is 5.82 Å². The lowest BCUT2D eigenvalue weighted by Gasteiger charge is -2.00. The van der Waals surface area contributed by atoms with Gasteiger partial charge in [0.1, 0.15) is 5.82 Å². The number of rotatable bonds is 0. The Morgan fingerprint density at radius 2 is 1.95 bits per heavy atom. The van der Waals surface area contributed by atoms with Crippen LogP contribution in [0.1, 0.15) is 11.1 Å². The fourth-order valence-electron chi connectivity index (χ4n) is 2.95. The summed E-state index contributed by atoms with van der Waals surface area (Å²) >= 11 is 0. The molecule has 2 heterocycles. The highest BCUT2D eigenvalue weighted by Gasteiger charge is 2.28. The Kier molecular flexibility index (Phi) is 2.05. The van der Waals surface area contributed by atoms with E-state index >= 15 is 0 Å². The van der Waals surface area contributed by atoms with E-state index in [1.807, 2.05) is 18.2 Å². The standard InChI is InChI=1S/C17H13FN/c1-11-5-6-12-10-19-16-4-2-3-15(18)13(16)7-8-17(19)14(12)9-11/h2-9H,10H2,1H3/q+1. The van der Waals surface area contributed by atoms with Gasteiger partial charge >= 0.3 is 0 Å². The fraction of sp³-hybridized carbons (Fsp3) is 0.118. The molecule has 0 N–H and O–H groups in total. The summed E-state index contributed by atoms with van der Waals surface area (Å²) in [5.74, 6) is -0.153. The summed E-state index contributed by atoms with van der Waals surface area (Å²) in [5.41, 5.74) is 5.98. The summed E-state index contributed by atoms with van der Waals surface area (Å²) in [7, 11) is 0. The molecule has 1 aromatic heterocycles. The number of fused-ring (bicyclic) bond motifs is 5. The Morgan fingerprint density at radius 3 is 2.84 bits per heavy atom. The first-order valence-corrected chi connectivity index (χ1v) is 6.45. The third-order valence-electron chi connectivity index (χ3n) is 3.89. The Hall–Kier alpha value is -2.22. The molecule has 0 atom stereocenters. The molecule has 2 aromatic carbocycles. The quantitative estimate of drug-likeness (QED) is 0.420. The third kappa shape index (κ3) is 1.43. The molecule has 0 saturated carbocycles. The largest absolute Gasteiger partial charge is 0.216 e. The fourth-order valence-corrected chi connectivity index (χ4v) is 2.95. The maximum atomic E-state index is 13.8. The van der Waals surface area contributed by atoms with E-state index in [9.17, 15) is 4.39 Å². The first kappa shape index (κ1) is 10.7. The second kappa shape index (κ2) is 3.64. The van der Waals surface area contributed by atoms with Crippen LogP contribution in [-0.2, 0) is 6.54 Å². The smallest absolute Gasteiger partial charge is 0.206 e. The second-order valence-corrected chi connectivity index (χ2v) is 5.14. The lowest BCUT2D eigenvalue weighted by Crippen LogP contribution is -2.33. The highest BCUT2D eigenvalue weighted by atomic mass is 19.1. The minimum Gasteiger partial charge on any atom is -0.206 e. The molecule has 3 aromatic rings. The summed E-state index contributed by atoms with van der Waals surface area (Å²) in [4.78, 5) is 0. The molecule has 0 saturated heterocycles. The topological polar surface area (TPSA) is 3.88 Å². The zero-order valence-corrected chi connectivity index (χ0v) is 10.7. The van der Waals surface area contributed by atoms with Crippen molar-refractivity contribution in [1.29, 1.82) is 0 Å². The maximum Gasteiger partial charge on any atom is 0.216 e. The average molecular weight is 250 g/mol. The van der Waals surface area contributed by atoms with Crippen molar-refractivity contribution in [3.8, 4) is 11.3 Å². The molecule has 1 aliphatic heterocycles. The van der Waals surface area contributed by atoms with E-state index in [0.29, 0.717) is 5.39 Å². The zero-order chi connectivity index (χ0) is 13.0. The van der Waals surface area contributed by atoms with Crippen LogP contribution >= 0.6 is 0 Å². The maximum absolute atomic E-state index is 13.8. The molecule has 19 heavy (non-hydrogen) atoms. The Balaban J connectivity index is 2.08. The number of hydrogen-bond donors (Lipinski definition) is 0. The SMILES string of the molecule is Cc1ccc2c(c1)-c1ccc3c(F)cccc3[n+]1C2. The van der Waals surface area contributed by atoms with Gasteiger partial charge in [0.05, 0.1) is 10.9 Å². The van der Waals surface area contributed by atoms with Crippen molar-refractivity contribution in [3.63, 3.8) is 0 Å². The van der Waals surface area contributed by atoms with Crippen molar-refractivity contribution in [2.45, 2.75) is 13.5 Å². The van der Waals surface area contributed by atoms with Crippen LogP contribution in [0.2, 0.25) is 0 Å². The minimum absolute atomic E-state index is 0.153. The zero-order valence-electron chi connectivity index (χ0n) is 10.7. The van der Waals surface area contributed by atoms with Gasteiger partial charge in [-0.05, 0) is 25.1 Å². The average Bonchev–Trinajstić information content (AvgIpc) is 2.77. The summed E-state index contributed by atoms with van der Waals surface area (Å²) < 4.78 is 16.0. The molecule has 0 fully saturated rings. The Bertz CT molecular complexity index is 821. The van der Waals surface area contributed by atoms with E-state index in [2.05, 4.69) is 29.7 Å². The van der Waals surface area contributed by atoms with Crippen LogP contribution in [0.3, 0.4) is 0 Å². The Labute approximate surface area is 110 Å². The van der Waals surface area contributed by atoms with Gasteiger partial charge in [0, 0.05) is 17.7 Å². The van der Waals surface area contributed by atoms with Crippen LogP contribution < -0.4 is 4.57 Å². The highest BCUT2D eigenvalue weighted by Crippen LogP contribution is 2.30. The third-order valence-corrected chi connectivity index (χ3v) is 3.89. The molecule has 2 heteroatoms. The van der Waals surface area contributed by atoms with Gasteiger partial charge in [0.25, 0.3) is 0 Å². The summed E-state index contributed by atoms with van der Waals surface area (Å²) in [6.45, 7) is 2.93. The molecule has 0 aliphatic carbocycles. The van der Waals surface area contributed by atoms with Crippen molar-refractivity contribution < 1.29 is 8.96 Å². The van der Waals surface area contributed by atoms with Crippen molar-refractivity contribution in [2.24, 2.45) is 0 Å². The first-order chi connectivity index (χ1) is 9.24. The summed E-state index contributed by atoms with van der Waals surface area (Å²) in [6.07, 6.45) is 0. The number of aromatic nitrogens is 1. The van der Waals surface area contributed by atoms with E-state index in [4.69, 9.17) is 0 Å². The van der Waals surface area contributed by atoms with Crippen LogP contribution in [0, 0.1) is 12.7 Å². The van der Waals surface area contributed by atoms with Gasteiger partial charge in [-0.3, -0.25) is 0 Å². The van der Waals surface area contributed by atoms with Crippen LogP contribution in [-0.4, -0.2) is 0 Å². The molecule has 0 radical (unpaired) electrons.